The van der Waals surface area contributed by atoms with Crippen LogP contribution in [0.25, 0.3) is 5.82 Å². The van der Waals surface area contributed by atoms with Gasteiger partial charge in [-0.2, -0.15) is 9.78 Å². The smallest absolute Gasteiger partial charge is 0.155 e. The van der Waals surface area contributed by atoms with Crippen molar-refractivity contribution in [1.29, 1.82) is 0 Å². The van der Waals surface area contributed by atoms with Crippen molar-refractivity contribution in [3.8, 4) is 5.82 Å². The lowest BCUT2D eigenvalue weighted by Gasteiger charge is -2.06. The highest BCUT2D eigenvalue weighted by molar-refractivity contribution is 5.26. The molecule has 17 heavy (non-hydrogen) atoms. The van der Waals surface area contributed by atoms with Gasteiger partial charge in [-0.15, -0.1) is 0 Å². The Morgan fingerprint density at radius 1 is 1.35 bits per heavy atom. The first-order chi connectivity index (χ1) is 8.31. The molecule has 0 saturated carbocycles. The van der Waals surface area contributed by atoms with Crippen molar-refractivity contribution in [2.24, 2.45) is 0 Å². The lowest BCUT2D eigenvalue weighted by molar-refractivity contribution is 0.629. The average Bonchev–Trinajstić information content (AvgIpc) is 2.78. The van der Waals surface area contributed by atoms with Crippen molar-refractivity contribution in [2.45, 2.75) is 26.8 Å². The highest BCUT2D eigenvalue weighted by atomic mass is 15.4. The van der Waals surface area contributed by atoms with Gasteiger partial charge in [-0.05, 0) is 37.6 Å². The van der Waals surface area contributed by atoms with Crippen LogP contribution in [0, 0.1) is 6.92 Å². The molecule has 90 valence electrons. The van der Waals surface area contributed by atoms with E-state index in [9.17, 15) is 0 Å². The van der Waals surface area contributed by atoms with Crippen molar-refractivity contribution in [1.82, 2.24) is 25.1 Å². The fourth-order valence-corrected chi connectivity index (χ4v) is 1.59. The lowest BCUT2D eigenvalue weighted by Crippen LogP contribution is -2.18. The number of nitrogens with one attached hydrogen (secondary N) is 1. The maximum atomic E-state index is 4.30. The van der Waals surface area contributed by atoms with Crippen LogP contribution in [-0.2, 0) is 6.54 Å². The summed E-state index contributed by atoms with van der Waals surface area (Å²) in [5.41, 5.74) is 1.16. The number of nitrogens with zero attached hydrogens (tertiary/aromatic N) is 4. The fourth-order valence-electron chi connectivity index (χ4n) is 1.59. The van der Waals surface area contributed by atoms with Gasteiger partial charge in [-0.1, -0.05) is 6.92 Å². The summed E-state index contributed by atoms with van der Waals surface area (Å²) in [6.45, 7) is 5.87. The molecule has 2 rings (SSSR count). The highest BCUT2D eigenvalue weighted by Gasteiger charge is 2.06. The van der Waals surface area contributed by atoms with E-state index in [1.807, 2.05) is 19.1 Å². The van der Waals surface area contributed by atoms with Crippen molar-refractivity contribution in [3.63, 3.8) is 0 Å². The van der Waals surface area contributed by atoms with E-state index in [1.165, 1.54) is 0 Å². The van der Waals surface area contributed by atoms with E-state index in [1.54, 1.807) is 17.2 Å². The molecule has 0 unspecified atom stereocenters. The summed E-state index contributed by atoms with van der Waals surface area (Å²) < 4.78 is 1.77. The van der Waals surface area contributed by atoms with E-state index in [-0.39, 0.29) is 0 Å². The molecule has 2 aromatic heterocycles. The van der Waals surface area contributed by atoms with Crippen LogP contribution in [0.2, 0.25) is 0 Å². The van der Waals surface area contributed by atoms with Crippen LogP contribution in [0.5, 0.6) is 0 Å². The summed E-state index contributed by atoms with van der Waals surface area (Å²) >= 11 is 0. The van der Waals surface area contributed by atoms with E-state index in [0.29, 0.717) is 6.54 Å². The van der Waals surface area contributed by atoms with Gasteiger partial charge >= 0.3 is 0 Å². The Bertz CT molecular complexity index is 477. The summed E-state index contributed by atoms with van der Waals surface area (Å²) in [5.74, 6) is 1.70. The molecule has 0 fully saturated rings. The Balaban J connectivity index is 2.18. The third kappa shape index (κ3) is 2.88. The molecule has 0 aromatic carbocycles. The Morgan fingerprint density at radius 2 is 2.24 bits per heavy atom. The van der Waals surface area contributed by atoms with Gasteiger partial charge in [0.25, 0.3) is 0 Å². The standard InChI is InChI=1S/C12H17N5/c1-3-5-13-8-12-15-9-16-17(12)11-7-10(2)4-6-14-11/h4,6-7,9,13H,3,5,8H2,1-2H3. The second kappa shape index (κ2) is 5.54. The molecule has 2 heterocycles. The third-order valence-corrected chi connectivity index (χ3v) is 2.45. The second-order valence-electron chi connectivity index (χ2n) is 3.96. The Labute approximate surface area is 101 Å². The van der Waals surface area contributed by atoms with Gasteiger partial charge in [0, 0.05) is 6.20 Å². The zero-order valence-electron chi connectivity index (χ0n) is 10.2. The zero-order valence-corrected chi connectivity index (χ0v) is 10.2. The Morgan fingerprint density at radius 3 is 3.00 bits per heavy atom. The van der Waals surface area contributed by atoms with Gasteiger partial charge < -0.3 is 5.32 Å². The maximum absolute atomic E-state index is 4.30. The molecule has 0 radical (unpaired) electrons. The first kappa shape index (κ1) is 11.7. The maximum Gasteiger partial charge on any atom is 0.155 e. The normalized spacial score (nSPS) is 10.7. The Hall–Kier alpha value is -1.75. The van der Waals surface area contributed by atoms with Crippen molar-refractivity contribution in [3.05, 3.63) is 36.0 Å². The molecule has 1 N–H and O–H groups in total. The molecule has 0 saturated heterocycles. The molecular formula is C12H17N5. The number of hydrogen-bond donors (Lipinski definition) is 1. The van der Waals surface area contributed by atoms with Gasteiger partial charge in [0.15, 0.2) is 5.82 Å². The van der Waals surface area contributed by atoms with Crippen LogP contribution in [-0.4, -0.2) is 26.3 Å². The van der Waals surface area contributed by atoms with E-state index in [0.717, 1.165) is 30.2 Å². The largest absolute Gasteiger partial charge is 0.310 e. The highest BCUT2D eigenvalue weighted by Crippen LogP contribution is 2.07. The number of rotatable bonds is 5. The molecule has 0 bridgehead atoms. The molecule has 0 amide bonds. The molecule has 2 aromatic rings. The minimum absolute atomic E-state index is 0.712. The average molecular weight is 231 g/mol. The van der Waals surface area contributed by atoms with E-state index >= 15 is 0 Å². The van der Waals surface area contributed by atoms with Crippen molar-refractivity contribution >= 4 is 0 Å². The zero-order chi connectivity index (χ0) is 12.1. The number of pyridine rings is 1. The van der Waals surface area contributed by atoms with Gasteiger partial charge in [0.05, 0.1) is 6.54 Å². The van der Waals surface area contributed by atoms with Gasteiger partial charge in [-0.25, -0.2) is 9.97 Å². The molecule has 0 spiro atoms. The lowest BCUT2D eigenvalue weighted by atomic mass is 10.3. The van der Waals surface area contributed by atoms with Crippen LogP contribution < -0.4 is 5.32 Å². The number of hydrogen-bond acceptors (Lipinski definition) is 4. The van der Waals surface area contributed by atoms with Crippen molar-refractivity contribution < 1.29 is 0 Å². The molecular weight excluding hydrogens is 214 g/mol. The minimum Gasteiger partial charge on any atom is -0.310 e. The molecule has 5 nitrogen and oxygen atoms in total. The SMILES string of the molecule is CCCNCc1ncnn1-c1cc(C)ccn1. The van der Waals surface area contributed by atoms with E-state index < -0.39 is 0 Å². The molecule has 0 aliphatic heterocycles. The summed E-state index contributed by atoms with van der Waals surface area (Å²) in [4.78, 5) is 8.55. The predicted molar refractivity (Wildman–Crippen MR) is 65.9 cm³/mol. The third-order valence-electron chi connectivity index (χ3n) is 2.45. The van der Waals surface area contributed by atoms with E-state index in [4.69, 9.17) is 0 Å². The summed E-state index contributed by atoms with van der Waals surface area (Å²) in [5, 5.41) is 7.52. The van der Waals surface area contributed by atoms with Crippen LogP contribution in [0.4, 0.5) is 0 Å². The number of aromatic nitrogens is 4. The van der Waals surface area contributed by atoms with Gasteiger partial charge in [-0.3, -0.25) is 0 Å². The van der Waals surface area contributed by atoms with Crippen LogP contribution >= 0.6 is 0 Å². The van der Waals surface area contributed by atoms with Crippen LogP contribution in [0.1, 0.15) is 24.7 Å². The molecule has 0 atom stereocenters. The quantitative estimate of drug-likeness (QED) is 0.792. The van der Waals surface area contributed by atoms with Gasteiger partial charge in [0.2, 0.25) is 0 Å². The Kier molecular flexibility index (Phi) is 3.82. The monoisotopic (exact) mass is 231 g/mol. The number of aryl methyl sites for hydroxylation is 1. The van der Waals surface area contributed by atoms with Gasteiger partial charge in [0.1, 0.15) is 12.2 Å². The summed E-state index contributed by atoms with van der Waals surface area (Å²) in [6, 6.07) is 3.97. The molecule has 0 aliphatic rings. The summed E-state index contributed by atoms with van der Waals surface area (Å²) in [6.07, 6.45) is 4.46. The predicted octanol–water partition coefficient (Wildman–Crippen LogP) is 1.47. The van der Waals surface area contributed by atoms with Crippen molar-refractivity contribution in [2.75, 3.05) is 6.54 Å². The van der Waals surface area contributed by atoms with Crippen LogP contribution in [0.15, 0.2) is 24.7 Å². The second-order valence-corrected chi connectivity index (χ2v) is 3.96. The fraction of sp³-hybridized carbons (Fsp3) is 0.417. The molecule has 5 heteroatoms. The first-order valence-corrected chi connectivity index (χ1v) is 5.84. The topological polar surface area (TPSA) is 55.6 Å². The minimum atomic E-state index is 0.712. The van der Waals surface area contributed by atoms with Crippen LogP contribution in [0.3, 0.4) is 0 Å². The first-order valence-electron chi connectivity index (χ1n) is 5.84. The summed E-state index contributed by atoms with van der Waals surface area (Å²) in [7, 11) is 0. The van der Waals surface area contributed by atoms with E-state index in [2.05, 4.69) is 27.3 Å². The molecule has 0 aliphatic carbocycles.